The van der Waals surface area contributed by atoms with Crippen molar-refractivity contribution in [1.29, 1.82) is 0 Å². The van der Waals surface area contributed by atoms with Crippen LogP contribution in [0.5, 0.6) is 0 Å². The molecule has 5 heteroatoms. The summed E-state index contributed by atoms with van der Waals surface area (Å²) >= 11 is 0. The standard InChI is InChI=1S/C15H19N3O2/c1-10(2)12-8-18(6-5-13(12)19)9-15-16-14(17-20-15)7-11-3-4-11/h5-6,8,10-11H,3-4,7,9H2,1-2H3. The van der Waals surface area contributed by atoms with E-state index in [9.17, 15) is 4.79 Å². The molecule has 106 valence electrons. The highest BCUT2D eigenvalue weighted by Crippen LogP contribution is 2.31. The lowest BCUT2D eigenvalue weighted by molar-refractivity contribution is 0.365. The lowest BCUT2D eigenvalue weighted by Gasteiger charge is -2.08. The molecule has 0 aliphatic heterocycles. The van der Waals surface area contributed by atoms with Gasteiger partial charge in [-0.2, -0.15) is 4.98 Å². The Balaban J connectivity index is 1.74. The van der Waals surface area contributed by atoms with Crippen LogP contribution in [0.2, 0.25) is 0 Å². The average Bonchev–Trinajstić information content (AvgIpc) is 3.11. The Morgan fingerprint density at radius 2 is 2.25 bits per heavy atom. The summed E-state index contributed by atoms with van der Waals surface area (Å²) in [4.78, 5) is 16.1. The molecule has 0 atom stereocenters. The molecule has 2 aromatic rings. The van der Waals surface area contributed by atoms with Gasteiger partial charge >= 0.3 is 0 Å². The minimum atomic E-state index is 0.0798. The molecule has 5 nitrogen and oxygen atoms in total. The van der Waals surface area contributed by atoms with Crippen LogP contribution in [0.3, 0.4) is 0 Å². The Bertz CT molecular complexity index is 653. The van der Waals surface area contributed by atoms with E-state index in [1.54, 1.807) is 12.3 Å². The van der Waals surface area contributed by atoms with Gasteiger partial charge in [0.2, 0.25) is 5.89 Å². The largest absolute Gasteiger partial charge is 0.344 e. The third-order valence-corrected chi connectivity index (χ3v) is 3.62. The summed E-state index contributed by atoms with van der Waals surface area (Å²) in [6.07, 6.45) is 7.12. The zero-order valence-electron chi connectivity index (χ0n) is 11.9. The molecule has 1 aliphatic carbocycles. The summed E-state index contributed by atoms with van der Waals surface area (Å²) in [6.45, 7) is 4.54. The summed E-state index contributed by atoms with van der Waals surface area (Å²) in [5.41, 5.74) is 0.890. The molecule has 0 N–H and O–H groups in total. The maximum Gasteiger partial charge on any atom is 0.246 e. The molecule has 0 spiro atoms. The van der Waals surface area contributed by atoms with Gasteiger partial charge in [0.1, 0.15) is 6.54 Å². The second kappa shape index (κ2) is 5.23. The summed E-state index contributed by atoms with van der Waals surface area (Å²) in [7, 11) is 0. The van der Waals surface area contributed by atoms with Gasteiger partial charge in [0.15, 0.2) is 11.3 Å². The van der Waals surface area contributed by atoms with E-state index in [1.807, 2.05) is 24.6 Å². The Hall–Kier alpha value is -1.91. The highest BCUT2D eigenvalue weighted by molar-refractivity contribution is 5.14. The third-order valence-electron chi connectivity index (χ3n) is 3.62. The molecule has 2 aromatic heterocycles. The molecule has 0 radical (unpaired) electrons. The first kappa shape index (κ1) is 13.1. The molecule has 1 fully saturated rings. The maximum atomic E-state index is 11.7. The number of pyridine rings is 1. The highest BCUT2D eigenvalue weighted by atomic mass is 16.5. The van der Waals surface area contributed by atoms with Crippen molar-refractivity contribution >= 4 is 0 Å². The van der Waals surface area contributed by atoms with Crippen LogP contribution in [0.15, 0.2) is 27.8 Å². The van der Waals surface area contributed by atoms with Crippen LogP contribution >= 0.6 is 0 Å². The normalized spacial score (nSPS) is 14.9. The average molecular weight is 273 g/mol. The fourth-order valence-corrected chi connectivity index (χ4v) is 2.25. The van der Waals surface area contributed by atoms with E-state index in [1.165, 1.54) is 12.8 Å². The lowest BCUT2D eigenvalue weighted by atomic mass is 10.1. The van der Waals surface area contributed by atoms with Crippen molar-refractivity contribution in [1.82, 2.24) is 14.7 Å². The monoisotopic (exact) mass is 273 g/mol. The Morgan fingerprint density at radius 3 is 2.95 bits per heavy atom. The van der Waals surface area contributed by atoms with Crippen molar-refractivity contribution < 1.29 is 4.52 Å². The number of rotatable bonds is 5. The molecule has 1 saturated carbocycles. The predicted molar refractivity (Wildman–Crippen MR) is 74.6 cm³/mol. The summed E-state index contributed by atoms with van der Waals surface area (Å²) in [5.74, 6) is 2.36. The highest BCUT2D eigenvalue weighted by Gasteiger charge is 2.24. The molecule has 20 heavy (non-hydrogen) atoms. The zero-order valence-corrected chi connectivity index (χ0v) is 11.9. The second-order valence-corrected chi connectivity index (χ2v) is 5.84. The smallest absolute Gasteiger partial charge is 0.246 e. The molecule has 0 aromatic carbocycles. The van der Waals surface area contributed by atoms with Crippen LogP contribution in [0, 0.1) is 5.92 Å². The molecule has 0 bridgehead atoms. The molecule has 0 unspecified atom stereocenters. The Labute approximate surface area is 117 Å². The fourth-order valence-electron chi connectivity index (χ4n) is 2.25. The van der Waals surface area contributed by atoms with E-state index in [-0.39, 0.29) is 11.3 Å². The van der Waals surface area contributed by atoms with E-state index >= 15 is 0 Å². The first-order valence-corrected chi connectivity index (χ1v) is 7.13. The van der Waals surface area contributed by atoms with Crippen LogP contribution < -0.4 is 5.43 Å². The summed E-state index contributed by atoms with van der Waals surface area (Å²) in [5, 5.41) is 4.01. The van der Waals surface area contributed by atoms with Gasteiger partial charge in [-0.05, 0) is 24.7 Å². The number of aromatic nitrogens is 3. The SMILES string of the molecule is CC(C)c1cn(Cc2nc(CC3CC3)no2)ccc1=O. The molecule has 2 heterocycles. The first-order valence-electron chi connectivity index (χ1n) is 7.13. The second-order valence-electron chi connectivity index (χ2n) is 5.84. The van der Waals surface area contributed by atoms with Crippen molar-refractivity contribution in [2.45, 2.75) is 45.6 Å². The predicted octanol–water partition coefficient (Wildman–Crippen LogP) is 2.36. The molecular weight excluding hydrogens is 254 g/mol. The van der Waals surface area contributed by atoms with Gasteiger partial charge in [0.05, 0.1) is 0 Å². The van der Waals surface area contributed by atoms with Gasteiger partial charge in [-0.1, -0.05) is 19.0 Å². The minimum Gasteiger partial charge on any atom is -0.344 e. The first-order chi connectivity index (χ1) is 9.61. The van der Waals surface area contributed by atoms with Gasteiger partial charge in [0, 0.05) is 30.4 Å². The number of hydrogen-bond donors (Lipinski definition) is 0. The maximum absolute atomic E-state index is 11.7. The van der Waals surface area contributed by atoms with Gasteiger partial charge in [-0.25, -0.2) is 0 Å². The fraction of sp³-hybridized carbons (Fsp3) is 0.533. The van der Waals surface area contributed by atoms with Crippen LogP contribution in [-0.2, 0) is 13.0 Å². The van der Waals surface area contributed by atoms with Crippen molar-refractivity contribution in [3.05, 3.63) is 46.0 Å². The van der Waals surface area contributed by atoms with Gasteiger partial charge in [0.25, 0.3) is 0 Å². The molecule has 0 amide bonds. The van der Waals surface area contributed by atoms with E-state index in [4.69, 9.17) is 4.52 Å². The summed E-state index contributed by atoms with van der Waals surface area (Å²) in [6, 6.07) is 1.59. The van der Waals surface area contributed by atoms with Gasteiger partial charge < -0.3 is 9.09 Å². The molecular formula is C15H19N3O2. The van der Waals surface area contributed by atoms with Crippen molar-refractivity contribution in [3.63, 3.8) is 0 Å². The Kier molecular flexibility index (Phi) is 3.42. The number of hydrogen-bond acceptors (Lipinski definition) is 4. The molecule has 1 aliphatic rings. The van der Waals surface area contributed by atoms with E-state index < -0.39 is 0 Å². The number of nitrogens with zero attached hydrogens (tertiary/aromatic N) is 3. The van der Waals surface area contributed by atoms with Crippen molar-refractivity contribution in [3.8, 4) is 0 Å². The van der Waals surface area contributed by atoms with Crippen LogP contribution in [-0.4, -0.2) is 14.7 Å². The summed E-state index contributed by atoms with van der Waals surface area (Å²) < 4.78 is 7.19. The van der Waals surface area contributed by atoms with Crippen LogP contribution in [0.25, 0.3) is 0 Å². The van der Waals surface area contributed by atoms with E-state index in [0.29, 0.717) is 12.4 Å². The molecule has 3 rings (SSSR count). The molecule has 0 saturated heterocycles. The van der Waals surface area contributed by atoms with Crippen molar-refractivity contribution in [2.24, 2.45) is 5.92 Å². The van der Waals surface area contributed by atoms with E-state index in [0.717, 1.165) is 23.7 Å². The Morgan fingerprint density at radius 1 is 1.45 bits per heavy atom. The zero-order chi connectivity index (χ0) is 14.1. The van der Waals surface area contributed by atoms with Crippen molar-refractivity contribution in [2.75, 3.05) is 0 Å². The van der Waals surface area contributed by atoms with E-state index in [2.05, 4.69) is 10.1 Å². The lowest BCUT2D eigenvalue weighted by Crippen LogP contribution is -2.13. The minimum absolute atomic E-state index is 0.0798. The van der Waals surface area contributed by atoms with Gasteiger partial charge in [-0.3, -0.25) is 4.79 Å². The third kappa shape index (κ3) is 2.98. The topological polar surface area (TPSA) is 60.9 Å². The van der Waals surface area contributed by atoms with Gasteiger partial charge in [-0.15, -0.1) is 0 Å². The van der Waals surface area contributed by atoms with Crippen LogP contribution in [0.1, 0.15) is 49.9 Å². The van der Waals surface area contributed by atoms with Crippen LogP contribution in [0.4, 0.5) is 0 Å². The quantitative estimate of drug-likeness (QED) is 0.839.